The van der Waals surface area contributed by atoms with Gasteiger partial charge in [-0.15, -0.1) is 11.8 Å². The largest absolute Gasteiger partial charge is 0.496 e. The molecule has 3 heteroatoms. The zero-order valence-corrected chi connectivity index (χ0v) is 9.85. The molecule has 1 aromatic carbocycles. The van der Waals surface area contributed by atoms with Gasteiger partial charge < -0.3 is 10.5 Å². The monoisotopic (exact) mass is 223 g/mol. The zero-order chi connectivity index (χ0) is 10.7. The van der Waals surface area contributed by atoms with Gasteiger partial charge in [0.05, 0.1) is 7.11 Å². The van der Waals surface area contributed by atoms with Crippen LogP contribution in [0.25, 0.3) is 0 Å². The second kappa shape index (κ2) is 4.45. The Kier molecular flexibility index (Phi) is 3.22. The maximum absolute atomic E-state index is 6.04. The molecular formula is C12H17NOS. The zero-order valence-electron chi connectivity index (χ0n) is 9.03. The van der Waals surface area contributed by atoms with Gasteiger partial charge in [0, 0.05) is 10.4 Å². The Bertz CT molecular complexity index is 336. The first kappa shape index (κ1) is 10.8. The van der Waals surface area contributed by atoms with Gasteiger partial charge in [-0.05, 0) is 37.1 Å². The van der Waals surface area contributed by atoms with Crippen molar-refractivity contribution in [1.29, 1.82) is 0 Å². The molecule has 0 saturated heterocycles. The number of para-hydroxylation sites is 1. The molecule has 0 aliphatic heterocycles. The van der Waals surface area contributed by atoms with Crippen molar-refractivity contribution in [3.63, 3.8) is 0 Å². The van der Waals surface area contributed by atoms with Crippen molar-refractivity contribution in [1.82, 2.24) is 0 Å². The van der Waals surface area contributed by atoms with Crippen LogP contribution in [-0.4, -0.2) is 18.4 Å². The Hall–Kier alpha value is -0.670. The predicted octanol–water partition coefficient (Wildman–Crippen LogP) is 2.67. The number of hydrogen-bond donors (Lipinski definition) is 1. The highest BCUT2D eigenvalue weighted by Crippen LogP contribution is 2.38. The lowest BCUT2D eigenvalue weighted by molar-refractivity contribution is 0.405. The summed E-state index contributed by atoms with van der Waals surface area (Å²) in [6.07, 6.45) is 3.49. The number of ether oxygens (including phenoxy) is 1. The second-order valence-electron chi connectivity index (χ2n) is 4.11. The molecule has 2 nitrogen and oxygen atoms in total. The molecular weight excluding hydrogens is 206 g/mol. The minimum absolute atomic E-state index is 0.162. The number of methoxy groups -OCH3 is 1. The summed E-state index contributed by atoms with van der Waals surface area (Å²) >= 11 is 1.83. The number of benzene rings is 1. The van der Waals surface area contributed by atoms with Gasteiger partial charge >= 0.3 is 0 Å². The molecule has 1 aromatic rings. The summed E-state index contributed by atoms with van der Waals surface area (Å²) in [5, 5.41) is 0. The van der Waals surface area contributed by atoms with Crippen LogP contribution in [0.3, 0.4) is 0 Å². The molecule has 2 N–H and O–H groups in total. The molecule has 0 unspecified atom stereocenters. The van der Waals surface area contributed by atoms with E-state index in [0.29, 0.717) is 0 Å². The smallest absolute Gasteiger partial charge is 0.132 e. The first-order valence-corrected chi connectivity index (χ1v) is 6.27. The van der Waals surface area contributed by atoms with Gasteiger partial charge in [0.2, 0.25) is 0 Å². The van der Waals surface area contributed by atoms with Gasteiger partial charge in [-0.3, -0.25) is 0 Å². The quantitative estimate of drug-likeness (QED) is 0.779. The summed E-state index contributed by atoms with van der Waals surface area (Å²) in [5.41, 5.74) is 6.20. The van der Waals surface area contributed by atoms with Crippen LogP contribution in [-0.2, 0) is 0 Å². The average molecular weight is 223 g/mol. The predicted molar refractivity (Wildman–Crippen MR) is 64.5 cm³/mol. The first-order valence-electron chi connectivity index (χ1n) is 5.28. The third kappa shape index (κ3) is 2.89. The van der Waals surface area contributed by atoms with E-state index in [1.807, 2.05) is 30.0 Å². The molecule has 1 aliphatic rings. The summed E-state index contributed by atoms with van der Waals surface area (Å²) in [6.45, 7) is 0. The topological polar surface area (TPSA) is 35.2 Å². The van der Waals surface area contributed by atoms with E-state index < -0.39 is 0 Å². The fourth-order valence-electron chi connectivity index (χ4n) is 1.51. The van der Waals surface area contributed by atoms with Crippen molar-refractivity contribution in [3.8, 4) is 5.75 Å². The van der Waals surface area contributed by atoms with Crippen molar-refractivity contribution in [2.45, 2.75) is 29.7 Å². The Morgan fingerprint density at radius 2 is 2.13 bits per heavy atom. The average Bonchev–Trinajstić information content (AvgIpc) is 2.97. The van der Waals surface area contributed by atoms with Crippen molar-refractivity contribution < 1.29 is 4.74 Å². The molecule has 0 amide bonds. The third-order valence-electron chi connectivity index (χ3n) is 2.82. The van der Waals surface area contributed by atoms with Crippen molar-refractivity contribution in [2.24, 2.45) is 5.73 Å². The number of hydrogen-bond acceptors (Lipinski definition) is 3. The first-order chi connectivity index (χ1) is 7.23. The molecule has 1 aliphatic carbocycles. The highest BCUT2D eigenvalue weighted by atomic mass is 32.2. The van der Waals surface area contributed by atoms with Crippen LogP contribution in [0.2, 0.25) is 0 Å². The minimum Gasteiger partial charge on any atom is -0.496 e. The van der Waals surface area contributed by atoms with Crippen LogP contribution in [0.4, 0.5) is 0 Å². The minimum atomic E-state index is 0.162. The van der Waals surface area contributed by atoms with E-state index in [0.717, 1.165) is 17.9 Å². The number of rotatable bonds is 5. The molecule has 0 heterocycles. The Balaban J connectivity index is 1.86. The lowest BCUT2D eigenvalue weighted by Crippen LogP contribution is -2.21. The maximum atomic E-state index is 6.04. The van der Waals surface area contributed by atoms with Crippen LogP contribution in [0.1, 0.15) is 19.3 Å². The van der Waals surface area contributed by atoms with Gasteiger partial charge in [0.1, 0.15) is 5.75 Å². The van der Waals surface area contributed by atoms with Crippen molar-refractivity contribution >= 4 is 11.8 Å². The summed E-state index contributed by atoms with van der Waals surface area (Å²) in [5.74, 6) is 2.04. The van der Waals surface area contributed by atoms with E-state index >= 15 is 0 Å². The third-order valence-corrected chi connectivity index (χ3v) is 3.88. The SMILES string of the molecule is COc1ccccc1SCCC1(N)CC1. The molecule has 0 bridgehead atoms. The van der Waals surface area contributed by atoms with E-state index in [1.165, 1.54) is 17.7 Å². The molecule has 0 spiro atoms. The Labute approximate surface area is 95.2 Å². The summed E-state index contributed by atoms with van der Waals surface area (Å²) in [7, 11) is 1.71. The number of nitrogens with two attached hydrogens (primary N) is 1. The molecule has 15 heavy (non-hydrogen) atoms. The fourth-order valence-corrected chi connectivity index (χ4v) is 2.71. The van der Waals surface area contributed by atoms with Crippen LogP contribution in [0.15, 0.2) is 29.2 Å². The summed E-state index contributed by atoms with van der Waals surface area (Å²) in [4.78, 5) is 1.21. The van der Waals surface area contributed by atoms with Crippen LogP contribution >= 0.6 is 11.8 Å². The molecule has 0 atom stereocenters. The number of thioether (sulfide) groups is 1. The van der Waals surface area contributed by atoms with Crippen molar-refractivity contribution in [2.75, 3.05) is 12.9 Å². The van der Waals surface area contributed by atoms with E-state index in [9.17, 15) is 0 Å². The Morgan fingerprint density at radius 3 is 2.80 bits per heavy atom. The molecule has 82 valence electrons. The summed E-state index contributed by atoms with van der Waals surface area (Å²) < 4.78 is 5.29. The van der Waals surface area contributed by atoms with Crippen LogP contribution in [0, 0.1) is 0 Å². The molecule has 0 radical (unpaired) electrons. The molecule has 1 saturated carbocycles. The van der Waals surface area contributed by atoms with Crippen molar-refractivity contribution in [3.05, 3.63) is 24.3 Å². The van der Waals surface area contributed by atoms with Gasteiger partial charge in [0.25, 0.3) is 0 Å². The van der Waals surface area contributed by atoms with Gasteiger partial charge in [-0.2, -0.15) is 0 Å². The standard InChI is InChI=1S/C12H17NOS/c1-14-10-4-2-3-5-11(10)15-9-8-12(13)6-7-12/h2-5H,6-9,13H2,1H3. The van der Waals surface area contributed by atoms with Gasteiger partial charge in [-0.25, -0.2) is 0 Å². The van der Waals surface area contributed by atoms with Crippen LogP contribution < -0.4 is 10.5 Å². The van der Waals surface area contributed by atoms with E-state index in [-0.39, 0.29) is 5.54 Å². The fraction of sp³-hybridized carbons (Fsp3) is 0.500. The maximum Gasteiger partial charge on any atom is 0.132 e. The van der Waals surface area contributed by atoms with Crippen LogP contribution in [0.5, 0.6) is 5.75 Å². The van der Waals surface area contributed by atoms with E-state index in [1.54, 1.807) is 7.11 Å². The molecule has 0 aromatic heterocycles. The Morgan fingerprint density at radius 1 is 1.40 bits per heavy atom. The van der Waals surface area contributed by atoms with Gasteiger partial charge in [-0.1, -0.05) is 12.1 Å². The van der Waals surface area contributed by atoms with E-state index in [2.05, 4.69) is 6.07 Å². The van der Waals surface area contributed by atoms with Gasteiger partial charge in [0.15, 0.2) is 0 Å². The molecule has 2 rings (SSSR count). The summed E-state index contributed by atoms with van der Waals surface area (Å²) in [6, 6.07) is 8.13. The molecule has 1 fully saturated rings. The highest BCUT2D eigenvalue weighted by Gasteiger charge is 2.37. The second-order valence-corrected chi connectivity index (χ2v) is 5.25. The lowest BCUT2D eigenvalue weighted by atomic mass is 10.2. The van der Waals surface area contributed by atoms with E-state index in [4.69, 9.17) is 10.5 Å². The lowest BCUT2D eigenvalue weighted by Gasteiger charge is -2.10. The highest BCUT2D eigenvalue weighted by molar-refractivity contribution is 7.99. The normalized spacial score (nSPS) is 17.5.